The standard InChI is InChI=1S/C25H37N5O3/c1-16(2)22(26)24(32)30-15-21(31)29(25(30,4)5)12-8-9-17(3)28-20-14-19(33-6)13-18-10-7-11-27-23(18)20/h7,10-11,13-14,16-17,22,28H,8-9,12,15,26H2,1-6H3/t17?,22-/m0/s1. The summed E-state index contributed by atoms with van der Waals surface area (Å²) in [7, 11) is 1.65. The Morgan fingerprint density at radius 3 is 2.70 bits per heavy atom. The maximum absolute atomic E-state index is 12.8. The molecule has 180 valence electrons. The molecular formula is C25H37N5O3. The molecule has 0 aliphatic carbocycles. The largest absolute Gasteiger partial charge is 0.497 e. The summed E-state index contributed by atoms with van der Waals surface area (Å²) in [6.07, 6.45) is 3.44. The summed E-state index contributed by atoms with van der Waals surface area (Å²) in [6, 6.07) is 7.41. The van der Waals surface area contributed by atoms with Crippen molar-refractivity contribution in [2.45, 2.75) is 65.2 Å². The van der Waals surface area contributed by atoms with Crippen LogP contribution in [0.4, 0.5) is 5.69 Å². The fourth-order valence-corrected chi connectivity index (χ4v) is 4.36. The summed E-state index contributed by atoms with van der Waals surface area (Å²) >= 11 is 0. The molecule has 33 heavy (non-hydrogen) atoms. The zero-order valence-corrected chi connectivity index (χ0v) is 20.6. The van der Waals surface area contributed by atoms with Crippen molar-refractivity contribution < 1.29 is 14.3 Å². The van der Waals surface area contributed by atoms with Crippen LogP contribution in [0.5, 0.6) is 5.75 Å². The van der Waals surface area contributed by atoms with Crippen LogP contribution in [0.2, 0.25) is 0 Å². The highest BCUT2D eigenvalue weighted by Gasteiger charge is 2.47. The average Bonchev–Trinajstić information content (AvgIpc) is 3.00. The van der Waals surface area contributed by atoms with Crippen LogP contribution in [-0.2, 0) is 9.59 Å². The van der Waals surface area contributed by atoms with E-state index in [-0.39, 0.29) is 30.3 Å². The first kappa shape index (κ1) is 24.8. The van der Waals surface area contributed by atoms with Gasteiger partial charge in [0.2, 0.25) is 11.8 Å². The minimum atomic E-state index is -0.690. The highest BCUT2D eigenvalue weighted by molar-refractivity contribution is 5.92. The average molecular weight is 456 g/mol. The maximum atomic E-state index is 12.8. The van der Waals surface area contributed by atoms with Crippen LogP contribution < -0.4 is 15.8 Å². The first-order valence-electron chi connectivity index (χ1n) is 11.6. The van der Waals surface area contributed by atoms with Gasteiger partial charge in [-0.25, -0.2) is 0 Å². The fraction of sp³-hybridized carbons (Fsp3) is 0.560. The van der Waals surface area contributed by atoms with Crippen molar-refractivity contribution in [3.8, 4) is 5.75 Å². The van der Waals surface area contributed by atoms with Gasteiger partial charge in [-0.2, -0.15) is 0 Å². The Hall–Kier alpha value is -2.87. The van der Waals surface area contributed by atoms with Crippen LogP contribution in [0, 0.1) is 5.92 Å². The Balaban J connectivity index is 1.62. The lowest BCUT2D eigenvalue weighted by atomic mass is 10.0. The van der Waals surface area contributed by atoms with Crippen molar-refractivity contribution in [2.75, 3.05) is 25.5 Å². The van der Waals surface area contributed by atoms with Crippen LogP contribution >= 0.6 is 0 Å². The molecule has 0 saturated carbocycles. The Morgan fingerprint density at radius 2 is 2.03 bits per heavy atom. The molecule has 1 aliphatic heterocycles. The third-order valence-electron chi connectivity index (χ3n) is 6.52. The summed E-state index contributed by atoms with van der Waals surface area (Å²) in [6.45, 7) is 10.4. The molecule has 2 atom stereocenters. The number of benzene rings is 1. The Bertz CT molecular complexity index is 1010. The van der Waals surface area contributed by atoms with Crippen molar-refractivity contribution in [3.63, 3.8) is 0 Å². The van der Waals surface area contributed by atoms with Crippen molar-refractivity contribution in [3.05, 3.63) is 30.5 Å². The summed E-state index contributed by atoms with van der Waals surface area (Å²) in [5, 5.41) is 4.56. The molecule has 2 aromatic rings. The van der Waals surface area contributed by atoms with Crippen molar-refractivity contribution in [2.24, 2.45) is 11.7 Å². The number of carbonyl (C=O) groups is 2. The van der Waals surface area contributed by atoms with Gasteiger partial charge in [-0.15, -0.1) is 0 Å². The monoisotopic (exact) mass is 455 g/mol. The normalized spacial score (nSPS) is 17.5. The molecule has 3 N–H and O–H groups in total. The predicted molar refractivity (Wildman–Crippen MR) is 131 cm³/mol. The van der Waals surface area contributed by atoms with E-state index in [2.05, 4.69) is 17.2 Å². The molecule has 3 rings (SSSR count). The summed E-state index contributed by atoms with van der Waals surface area (Å²) in [5.41, 5.74) is 7.22. The molecule has 1 aromatic carbocycles. The molecular weight excluding hydrogens is 418 g/mol. The topological polar surface area (TPSA) is 101 Å². The van der Waals surface area contributed by atoms with E-state index in [0.717, 1.165) is 35.2 Å². The molecule has 1 unspecified atom stereocenters. The number of rotatable bonds is 9. The van der Waals surface area contributed by atoms with E-state index in [1.807, 2.05) is 52.0 Å². The predicted octanol–water partition coefficient (Wildman–Crippen LogP) is 3.21. The van der Waals surface area contributed by atoms with Gasteiger partial charge in [-0.05, 0) is 51.7 Å². The Kier molecular flexibility index (Phi) is 7.47. The first-order valence-corrected chi connectivity index (χ1v) is 11.6. The molecule has 8 nitrogen and oxygen atoms in total. The van der Waals surface area contributed by atoms with E-state index in [9.17, 15) is 9.59 Å². The quantitative estimate of drug-likeness (QED) is 0.602. The second kappa shape index (κ2) is 9.95. The second-order valence-corrected chi connectivity index (χ2v) is 9.67. The smallest absolute Gasteiger partial charge is 0.244 e. The number of pyridine rings is 1. The summed E-state index contributed by atoms with van der Waals surface area (Å²) in [5.74, 6) is 0.594. The van der Waals surface area contributed by atoms with Gasteiger partial charge >= 0.3 is 0 Å². The molecule has 1 fully saturated rings. The molecule has 0 spiro atoms. The van der Waals surface area contributed by atoms with Crippen LogP contribution in [0.1, 0.15) is 47.5 Å². The number of fused-ring (bicyclic) bond motifs is 1. The number of nitrogens with zero attached hydrogens (tertiary/aromatic N) is 3. The van der Waals surface area contributed by atoms with Gasteiger partial charge in [-0.1, -0.05) is 19.9 Å². The lowest BCUT2D eigenvalue weighted by molar-refractivity contribution is -0.140. The summed E-state index contributed by atoms with van der Waals surface area (Å²) < 4.78 is 5.44. The van der Waals surface area contributed by atoms with Gasteiger partial charge in [0.1, 0.15) is 18.0 Å². The number of ether oxygens (including phenoxy) is 1. The minimum Gasteiger partial charge on any atom is -0.497 e. The minimum absolute atomic E-state index is 0.0200. The van der Waals surface area contributed by atoms with E-state index in [1.54, 1.807) is 23.1 Å². The van der Waals surface area contributed by atoms with Gasteiger partial charge in [-0.3, -0.25) is 14.6 Å². The van der Waals surface area contributed by atoms with E-state index >= 15 is 0 Å². The number of methoxy groups -OCH3 is 1. The molecule has 0 radical (unpaired) electrons. The number of aromatic nitrogens is 1. The molecule has 1 aliphatic rings. The van der Waals surface area contributed by atoms with Crippen LogP contribution in [0.3, 0.4) is 0 Å². The number of nitrogens with two attached hydrogens (primary N) is 1. The highest BCUT2D eigenvalue weighted by Crippen LogP contribution is 2.30. The Morgan fingerprint density at radius 1 is 1.30 bits per heavy atom. The lowest BCUT2D eigenvalue weighted by Crippen LogP contribution is -2.56. The van der Waals surface area contributed by atoms with Gasteiger partial charge in [0, 0.05) is 30.2 Å². The number of carbonyl (C=O) groups excluding carboxylic acids is 2. The highest BCUT2D eigenvalue weighted by atomic mass is 16.5. The molecule has 0 bridgehead atoms. The number of hydrogen-bond donors (Lipinski definition) is 2. The zero-order chi connectivity index (χ0) is 24.3. The number of hydrogen-bond acceptors (Lipinski definition) is 6. The van der Waals surface area contributed by atoms with E-state index < -0.39 is 11.7 Å². The third kappa shape index (κ3) is 5.21. The van der Waals surface area contributed by atoms with E-state index in [0.29, 0.717) is 6.54 Å². The fourth-order valence-electron chi connectivity index (χ4n) is 4.36. The molecule has 2 amide bonds. The summed E-state index contributed by atoms with van der Waals surface area (Å²) in [4.78, 5) is 33.5. The van der Waals surface area contributed by atoms with Crippen LogP contribution in [-0.4, -0.2) is 64.5 Å². The zero-order valence-electron chi connectivity index (χ0n) is 20.6. The van der Waals surface area contributed by atoms with Crippen molar-refractivity contribution in [1.82, 2.24) is 14.8 Å². The van der Waals surface area contributed by atoms with Gasteiger partial charge < -0.3 is 25.6 Å². The van der Waals surface area contributed by atoms with Gasteiger partial charge in [0.05, 0.1) is 24.4 Å². The second-order valence-electron chi connectivity index (χ2n) is 9.67. The molecule has 1 saturated heterocycles. The van der Waals surface area contributed by atoms with Gasteiger partial charge in [0.25, 0.3) is 0 Å². The maximum Gasteiger partial charge on any atom is 0.244 e. The number of amides is 2. The molecule has 2 heterocycles. The van der Waals surface area contributed by atoms with Crippen molar-refractivity contribution in [1.29, 1.82) is 0 Å². The first-order chi connectivity index (χ1) is 15.6. The van der Waals surface area contributed by atoms with Crippen LogP contribution in [0.15, 0.2) is 30.5 Å². The van der Waals surface area contributed by atoms with Gasteiger partial charge in [0.15, 0.2) is 0 Å². The lowest BCUT2D eigenvalue weighted by Gasteiger charge is -2.39. The molecule has 8 heteroatoms. The van der Waals surface area contributed by atoms with E-state index in [4.69, 9.17) is 10.5 Å². The Labute approximate surface area is 196 Å². The molecule has 1 aromatic heterocycles. The SMILES string of the molecule is COc1cc(NC(C)CCCN2C(=O)CN(C(=O)[C@@H](N)C(C)C)C2(C)C)c2ncccc2c1. The van der Waals surface area contributed by atoms with Crippen LogP contribution in [0.25, 0.3) is 10.9 Å². The third-order valence-corrected chi connectivity index (χ3v) is 6.52. The number of nitrogens with one attached hydrogen (secondary N) is 1. The number of anilines is 1. The van der Waals surface area contributed by atoms with E-state index in [1.165, 1.54) is 0 Å². The van der Waals surface area contributed by atoms with Crippen molar-refractivity contribution >= 4 is 28.4 Å².